The van der Waals surface area contributed by atoms with Gasteiger partial charge in [-0.15, -0.1) is 12.4 Å². The largest absolute Gasteiger partial charge is 0.480 e. The molecule has 4 nitrogen and oxygen atoms in total. The van der Waals surface area contributed by atoms with Gasteiger partial charge < -0.3 is 10.2 Å². The van der Waals surface area contributed by atoms with Crippen LogP contribution in [0.1, 0.15) is 27.7 Å². The monoisotopic (exact) mass is 211 g/mol. The van der Waals surface area contributed by atoms with Crippen LogP contribution in [0.15, 0.2) is 0 Å². The van der Waals surface area contributed by atoms with Crippen LogP contribution in [-0.4, -0.2) is 33.9 Å². The summed E-state index contributed by atoms with van der Waals surface area (Å²) in [4.78, 5) is 10.6. The average molecular weight is 212 g/mol. The van der Waals surface area contributed by atoms with Gasteiger partial charge in [0, 0.05) is 5.54 Å². The number of rotatable bonds is 3. The number of nitrogens with one attached hydrogen (secondary N) is 1. The van der Waals surface area contributed by atoms with Crippen LogP contribution < -0.4 is 5.32 Å². The number of hydrogen-bond acceptors (Lipinski definition) is 3. The molecule has 0 fully saturated rings. The summed E-state index contributed by atoms with van der Waals surface area (Å²) in [6.07, 6.45) is -0.887. The lowest BCUT2D eigenvalue weighted by molar-refractivity contribution is -0.142. The molecule has 0 bridgehead atoms. The maximum atomic E-state index is 10.6. The third-order valence-corrected chi connectivity index (χ3v) is 1.34. The van der Waals surface area contributed by atoms with E-state index in [1.165, 1.54) is 6.92 Å². The highest BCUT2D eigenvalue weighted by Gasteiger charge is 2.26. The molecule has 0 saturated carbocycles. The number of carbonyl (C=O) groups is 1. The summed E-state index contributed by atoms with van der Waals surface area (Å²) in [6.45, 7) is 7.01. The van der Waals surface area contributed by atoms with Crippen LogP contribution in [0.3, 0.4) is 0 Å². The molecule has 0 heterocycles. The van der Waals surface area contributed by atoms with Crippen molar-refractivity contribution in [3.63, 3.8) is 0 Å². The molecule has 0 rings (SSSR count). The standard InChI is InChI=1S/C8H17NO3.ClH/c1-5(10)6(7(11)12)9-8(2,3)4;/h5-6,9-10H,1-4H3,(H,11,12);1H/t5-,6+;/m1./s1. The zero-order chi connectivity index (χ0) is 9.94. The second-order valence-corrected chi connectivity index (χ2v) is 3.95. The summed E-state index contributed by atoms with van der Waals surface area (Å²) in [6, 6.07) is -0.898. The van der Waals surface area contributed by atoms with E-state index < -0.39 is 18.1 Å². The van der Waals surface area contributed by atoms with Crippen molar-refractivity contribution in [1.82, 2.24) is 5.32 Å². The van der Waals surface area contributed by atoms with Gasteiger partial charge in [0.15, 0.2) is 0 Å². The lowest BCUT2D eigenvalue weighted by Gasteiger charge is -2.27. The number of aliphatic carboxylic acids is 1. The van der Waals surface area contributed by atoms with Crippen LogP contribution in [0.2, 0.25) is 0 Å². The third-order valence-electron chi connectivity index (χ3n) is 1.34. The average Bonchev–Trinajstić information content (AvgIpc) is 1.79. The van der Waals surface area contributed by atoms with Crippen molar-refractivity contribution in [2.45, 2.75) is 45.4 Å². The number of carboxylic acids is 1. The Morgan fingerprint density at radius 2 is 1.77 bits per heavy atom. The topological polar surface area (TPSA) is 69.6 Å². The molecular formula is C8H18ClNO3. The Bertz CT molecular complexity index is 165. The summed E-state index contributed by atoms with van der Waals surface area (Å²) in [7, 11) is 0. The fourth-order valence-corrected chi connectivity index (χ4v) is 0.855. The predicted molar refractivity (Wildman–Crippen MR) is 53.2 cm³/mol. The second kappa shape index (κ2) is 5.42. The fourth-order valence-electron chi connectivity index (χ4n) is 0.855. The van der Waals surface area contributed by atoms with E-state index in [1.807, 2.05) is 20.8 Å². The third kappa shape index (κ3) is 6.81. The molecule has 0 radical (unpaired) electrons. The molecule has 0 aromatic carbocycles. The minimum atomic E-state index is -1.03. The van der Waals surface area contributed by atoms with Crippen LogP contribution in [0, 0.1) is 0 Å². The first-order valence-electron chi connectivity index (χ1n) is 3.92. The van der Waals surface area contributed by atoms with Gasteiger partial charge in [-0.1, -0.05) is 0 Å². The number of halogens is 1. The predicted octanol–water partition coefficient (Wildman–Crippen LogP) is 0.630. The van der Waals surface area contributed by atoms with Gasteiger partial charge in [0.1, 0.15) is 6.04 Å². The van der Waals surface area contributed by atoms with E-state index in [0.29, 0.717) is 0 Å². The Labute approximate surface area is 84.7 Å². The van der Waals surface area contributed by atoms with Gasteiger partial charge in [-0.3, -0.25) is 10.1 Å². The van der Waals surface area contributed by atoms with Gasteiger partial charge in [0.05, 0.1) is 6.10 Å². The first-order valence-corrected chi connectivity index (χ1v) is 3.92. The number of aliphatic hydroxyl groups excluding tert-OH is 1. The first-order chi connectivity index (χ1) is 5.24. The maximum absolute atomic E-state index is 10.6. The van der Waals surface area contributed by atoms with Crippen molar-refractivity contribution in [3.05, 3.63) is 0 Å². The molecule has 80 valence electrons. The highest BCUT2D eigenvalue weighted by atomic mass is 35.5. The van der Waals surface area contributed by atoms with Crippen LogP contribution in [0.4, 0.5) is 0 Å². The first kappa shape index (κ1) is 15.2. The molecule has 0 aliphatic rings. The van der Waals surface area contributed by atoms with Gasteiger partial charge in [0.2, 0.25) is 0 Å². The molecule has 0 aliphatic carbocycles. The zero-order valence-electron chi connectivity index (χ0n) is 8.37. The minimum Gasteiger partial charge on any atom is -0.480 e. The van der Waals surface area contributed by atoms with Crippen molar-refractivity contribution < 1.29 is 15.0 Å². The van der Waals surface area contributed by atoms with Gasteiger partial charge in [-0.05, 0) is 27.7 Å². The molecule has 0 amide bonds. The summed E-state index contributed by atoms with van der Waals surface area (Å²) >= 11 is 0. The normalized spacial score (nSPS) is 15.8. The summed E-state index contributed by atoms with van der Waals surface area (Å²) in [5, 5.41) is 20.6. The summed E-state index contributed by atoms with van der Waals surface area (Å²) in [5.41, 5.74) is -0.306. The molecule has 0 aromatic heterocycles. The molecule has 2 atom stereocenters. The number of carboxylic acid groups (broad SMARTS) is 1. The molecule has 0 spiro atoms. The minimum absolute atomic E-state index is 0. The van der Waals surface area contributed by atoms with E-state index in [4.69, 9.17) is 10.2 Å². The van der Waals surface area contributed by atoms with Crippen molar-refractivity contribution in [1.29, 1.82) is 0 Å². The molecule has 5 heteroatoms. The molecular weight excluding hydrogens is 194 g/mol. The molecule has 13 heavy (non-hydrogen) atoms. The Kier molecular flexibility index (Phi) is 6.32. The van der Waals surface area contributed by atoms with E-state index in [0.717, 1.165) is 0 Å². The van der Waals surface area contributed by atoms with Crippen LogP contribution in [-0.2, 0) is 4.79 Å². The second-order valence-electron chi connectivity index (χ2n) is 3.95. The van der Waals surface area contributed by atoms with Crippen LogP contribution in [0.5, 0.6) is 0 Å². The molecule has 3 N–H and O–H groups in total. The van der Waals surface area contributed by atoms with Crippen molar-refractivity contribution >= 4 is 18.4 Å². The van der Waals surface area contributed by atoms with E-state index in [9.17, 15) is 4.79 Å². The number of hydrogen-bond donors (Lipinski definition) is 3. The van der Waals surface area contributed by atoms with Gasteiger partial charge >= 0.3 is 5.97 Å². The van der Waals surface area contributed by atoms with Crippen molar-refractivity contribution in [3.8, 4) is 0 Å². The molecule has 0 unspecified atom stereocenters. The highest BCUT2D eigenvalue weighted by molar-refractivity contribution is 5.85. The van der Waals surface area contributed by atoms with Gasteiger partial charge in [0.25, 0.3) is 0 Å². The van der Waals surface area contributed by atoms with E-state index in [1.54, 1.807) is 0 Å². The van der Waals surface area contributed by atoms with Crippen molar-refractivity contribution in [2.24, 2.45) is 0 Å². The summed E-state index contributed by atoms with van der Waals surface area (Å²) in [5.74, 6) is -1.03. The Morgan fingerprint density at radius 3 is 1.85 bits per heavy atom. The molecule has 0 saturated heterocycles. The maximum Gasteiger partial charge on any atom is 0.323 e. The van der Waals surface area contributed by atoms with Crippen LogP contribution in [0.25, 0.3) is 0 Å². The van der Waals surface area contributed by atoms with E-state index in [2.05, 4.69) is 5.32 Å². The smallest absolute Gasteiger partial charge is 0.323 e. The Balaban J connectivity index is 0. The fraction of sp³-hybridized carbons (Fsp3) is 0.875. The lowest BCUT2D eigenvalue weighted by atomic mass is 10.0. The quantitative estimate of drug-likeness (QED) is 0.641. The van der Waals surface area contributed by atoms with E-state index >= 15 is 0 Å². The van der Waals surface area contributed by atoms with Crippen molar-refractivity contribution in [2.75, 3.05) is 0 Å². The Morgan fingerprint density at radius 1 is 1.38 bits per heavy atom. The molecule has 0 aromatic rings. The van der Waals surface area contributed by atoms with Gasteiger partial charge in [-0.2, -0.15) is 0 Å². The SMILES string of the molecule is C[C@@H](O)[C@H](NC(C)(C)C)C(=O)O.Cl. The van der Waals surface area contributed by atoms with E-state index in [-0.39, 0.29) is 17.9 Å². The van der Waals surface area contributed by atoms with Crippen LogP contribution >= 0.6 is 12.4 Å². The molecule has 0 aliphatic heterocycles. The van der Waals surface area contributed by atoms with Gasteiger partial charge in [-0.25, -0.2) is 0 Å². The lowest BCUT2D eigenvalue weighted by Crippen LogP contribution is -2.52. The zero-order valence-corrected chi connectivity index (χ0v) is 9.18. The highest BCUT2D eigenvalue weighted by Crippen LogP contribution is 2.04. The number of aliphatic hydroxyl groups is 1. The summed E-state index contributed by atoms with van der Waals surface area (Å²) < 4.78 is 0. The Hall–Kier alpha value is -0.320.